The van der Waals surface area contributed by atoms with E-state index in [9.17, 15) is 9.18 Å². The monoisotopic (exact) mass is 398 g/mol. The first-order valence-corrected chi connectivity index (χ1v) is 10.3. The second-order valence-electron chi connectivity index (χ2n) is 7.01. The van der Waals surface area contributed by atoms with Crippen molar-refractivity contribution in [1.82, 2.24) is 0 Å². The molecule has 1 N–H and O–H groups in total. The van der Waals surface area contributed by atoms with E-state index in [1.807, 2.05) is 24.3 Å². The van der Waals surface area contributed by atoms with Crippen LogP contribution < -0.4 is 10.2 Å². The van der Waals surface area contributed by atoms with Gasteiger partial charge in [0.15, 0.2) is 0 Å². The number of benzene rings is 2. The van der Waals surface area contributed by atoms with Gasteiger partial charge in [0.2, 0.25) is 0 Å². The highest BCUT2D eigenvalue weighted by atomic mass is 32.1. The first kappa shape index (κ1) is 18.9. The molecule has 1 saturated heterocycles. The summed E-state index contributed by atoms with van der Waals surface area (Å²) in [7, 11) is 1.55. The molecule has 3 aromatic rings. The van der Waals surface area contributed by atoms with Crippen molar-refractivity contribution in [2.24, 2.45) is 0 Å². The lowest BCUT2D eigenvalue weighted by Crippen LogP contribution is -2.29. The Kier molecular flexibility index (Phi) is 5.59. The van der Waals surface area contributed by atoms with Crippen LogP contribution >= 0.6 is 11.3 Å². The molecule has 2 aromatic carbocycles. The number of fused-ring (bicyclic) bond motifs is 1. The number of ether oxygens (including phenoxy) is 1. The average molecular weight is 399 g/mol. The highest BCUT2D eigenvalue weighted by molar-refractivity contribution is 7.21. The second-order valence-corrected chi connectivity index (χ2v) is 8.06. The van der Waals surface area contributed by atoms with E-state index in [0.717, 1.165) is 29.2 Å². The van der Waals surface area contributed by atoms with Crippen LogP contribution in [-0.2, 0) is 11.3 Å². The summed E-state index contributed by atoms with van der Waals surface area (Å²) in [5.74, 6) is -0.560. The summed E-state index contributed by atoms with van der Waals surface area (Å²) in [4.78, 5) is 15.8. The van der Waals surface area contributed by atoms with E-state index in [1.54, 1.807) is 13.2 Å². The third-order valence-corrected chi connectivity index (χ3v) is 6.28. The van der Waals surface area contributed by atoms with E-state index in [1.165, 1.54) is 36.7 Å². The Hall–Kier alpha value is -2.44. The molecule has 4 nitrogen and oxygen atoms in total. The number of anilines is 2. The predicted molar refractivity (Wildman–Crippen MR) is 113 cm³/mol. The summed E-state index contributed by atoms with van der Waals surface area (Å²) < 4.78 is 20.3. The maximum atomic E-state index is 14.3. The number of thiophene rings is 1. The Bertz CT molecular complexity index is 995. The molecule has 6 heteroatoms. The van der Waals surface area contributed by atoms with E-state index in [-0.39, 0.29) is 18.3 Å². The second kappa shape index (κ2) is 8.29. The Labute approximate surface area is 167 Å². The van der Waals surface area contributed by atoms with E-state index in [4.69, 9.17) is 4.74 Å². The number of carbonyl (C=O) groups excluding carboxylic acids is 1. The van der Waals surface area contributed by atoms with Crippen LogP contribution in [-0.4, -0.2) is 26.1 Å². The molecule has 0 aliphatic carbocycles. The molecule has 4 rings (SSSR count). The normalized spacial score (nSPS) is 14.4. The van der Waals surface area contributed by atoms with Gasteiger partial charge in [-0.05, 0) is 49.6 Å². The minimum Gasteiger partial charge on any atom is -0.380 e. The van der Waals surface area contributed by atoms with Crippen LogP contribution in [0, 0.1) is 5.82 Å². The van der Waals surface area contributed by atoms with Gasteiger partial charge in [0.1, 0.15) is 5.82 Å². The number of carbonyl (C=O) groups is 1. The van der Waals surface area contributed by atoms with Gasteiger partial charge >= 0.3 is 0 Å². The van der Waals surface area contributed by atoms with E-state index in [0.29, 0.717) is 15.8 Å². The Morgan fingerprint density at radius 3 is 2.75 bits per heavy atom. The number of piperidine rings is 1. The van der Waals surface area contributed by atoms with Crippen molar-refractivity contribution in [3.05, 3.63) is 58.7 Å². The lowest BCUT2D eigenvalue weighted by Gasteiger charge is -2.29. The Balaban J connectivity index is 1.62. The van der Waals surface area contributed by atoms with Crippen molar-refractivity contribution >= 4 is 38.7 Å². The quantitative estimate of drug-likeness (QED) is 0.623. The number of nitrogens with one attached hydrogen (secondary N) is 1. The zero-order chi connectivity index (χ0) is 19.5. The van der Waals surface area contributed by atoms with E-state index < -0.39 is 0 Å². The standard InChI is InChI=1S/C22H23FN2O2S/c1-27-14-17-20-18(23)9-6-10-19(20)28-21(17)22(26)24-15-7-5-8-16(13-15)25-11-3-2-4-12-25/h5-10,13H,2-4,11-12,14H2,1H3,(H,24,26). The molecule has 0 bridgehead atoms. The fraction of sp³-hybridized carbons (Fsp3) is 0.318. The van der Waals surface area contributed by atoms with Crippen molar-refractivity contribution in [2.75, 3.05) is 30.4 Å². The van der Waals surface area contributed by atoms with E-state index >= 15 is 0 Å². The molecule has 146 valence electrons. The minimum atomic E-state index is -0.327. The van der Waals surface area contributed by atoms with Gasteiger partial charge in [-0.3, -0.25) is 4.79 Å². The molecule has 1 aliphatic heterocycles. The first-order valence-electron chi connectivity index (χ1n) is 9.52. The molecule has 1 aliphatic rings. The van der Waals surface area contributed by atoms with Crippen molar-refractivity contribution < 1.29 is 13.9 Å². The van der Waals surface area contributed by atoms with E-state index in [2.05, 4.69) is 16.3 Å². The molecule has 0 atom stereocenters. The van der Waals surface area contributed by atoms with Crippen LogP contribution in [0.1, 0.15) is 34.5 Å². The van der Waals surface area contributed by atoms with Gasteiger partial charge in [-0.1, -0.05) is 12.1 Å². The zero-order valence-electron chi connectivity index (χ0n) is 15.8. The molecule has 1 fully saturated rings. The molecule has 0 unspecified atom stereocenters. The number of hydrogen-bond acceptors (Lipinski definition) is 4. The zero-order valence-corrected chi connectivity index (χ0v) is 16.7. The number of halogens is 1. The smallest absolute Gasteiger partial charge is 0.266 e. The maximum Gasteiger partial charge on any atom is 0.266 e. The van der Waals surface area contributed by atoms with Gasteiger partial charge in [0, 0.05) is 47.2 Å². The average Bonchev–Trinajstić information content (AvgIpc) is 3.09. The van der Waals surface area contributed by atoms with Crippen molar-refractivity contribution in [2.45, 2.75) is 25.9 Å². The highest BCUT2D eigenvalue weighted by Gasteiger charge is 2.21. The highest BCUT2D eigenvalue weighted by Crippen LogP contribution is 2.34. The predicted octanol–water partition coefficient (Wildman–Crippen LogP) is 5.43. The van der Waals surface area contributed by atoms with Gasteiger partial charge in [-0.15, -0.1) is 11.3 Å². The van der Waals surface area contributed by atoms with Crippen LogP contribution in [0.15, 0.2) is 42.5 Å². The topological polar surface area (TPSA) is 41.6 Å². The summed E-state index contributed by atoms with van der Waals surface area (Å²) in [5, 5.41) is 3.46. The molecular weight excluding hydrogens is 375 g/mol. The van der Waals surface area contributed by atoms with Crippen molar-refractivity contribution in [3.8, 4) is 0 Å². The molecule has 0 spiro atoms. The largest absolute Gasteiger partial charge is 0.380 e. The lowest BCUT2D eigenvalue weighted by atomic mass is 10.1. The van der Waals surface area contributed by atoms with Gasteiger partial charge < -0.3 is 15.0 Å². The van der Waals surface area contributed by atoms with Gasteiger partial charge in [-0.25, -0.2) is 4.39 Å². The summed E-state index contributed by atoms with van der Waals surface area (Å²) in [6.07, 6.45) is 3.67. The van der Waals surface area contributed by atoms with Crippen LogP contribution in [0.4, 0.5) is 15.8 Å². The summed E-state index contributed by atoms with van der Waals surface area (Å²) in [6, 6.07) is 12.8. The van der Waals surface area contributed by atoms with Crippen LogP contribution in [0.2, 0.25) is 0 Å². The minimum absolute atomic E-state index is 0.192. The molecule has 28 heavy (non-hydrogen) atoms. The fourth-order valence-electron chi connectivity index (χ4n) is 3.75. The molecule has 1 amide bonds. The summed E-state index contributed by atoms with van der Waals surface area (Å²) in [5.41, 5.74) is 2.47. The van der Waals surface area contributed by atoms with Crippen LogP contribution in [0.3, 0.4) is 0 Å². The maximum absolute atomic E-state index is 14.3. The number of hydrogen-bond donors (Lipinski definition) is 1. The Morgan fingerprint density at radius 1 is 1.18 bits per heavy atom. The third kappa shape index (κ3) is 3.75. The molecular formula is C22H23FN2O2S. The molecule has 1 aromatic heterocycles. The third-order valence-electron chi connectivity index (χ3n) is 5.08. The fourth-order valence-corrected chi connectivity index (χ4v) is 4.87. The van der Waals surface area contributed by atoms with Crippen LogP contribution in [0.25, 0.3) is 10.1 Å². The molecule has 0 radical (unpaired) electrons. The molecule has 0 saturated carbocycles. The van der Waals surface area contributed by atoms with Crippen LogP contribution in [0.5, 0.6) is 0 Å². The summed E-state index contributed by atoms with van der Waals surface area (Å²) >= 11 is 1.30. The number of rotatable bonds is 5. The number of nitrogens with zero attached hydrogens (tertiary/aromatic N) is 1. The Morgan fingerprint density at radius 2 is 1.96 bits per heavy atom. The van der Waals surface area contributed by atoms with Gasteiger partial charge in [0.25, 0.3) is 5.91 Å². The number of amides is 1. The van der Waals surface area contributed by atoms with Gasteiger partial charge in [0.05, 0.1) is 11.5 Å². The SMILES string of the molecule is COCc1c(C(=O)Nc2cccc(N3CCCCC3)c2)sc2cccc(F)c12. The van der Waals surface area contributed by atoms with Crippen molar-refractivity contribution in [3.63, 3.8) is 0 Å². The first-order chi connectivity index (χ1) is 13.7. The molecule has 2 heterocycles. The summed E-state index contributed by atoms with van der Waals surface area (Å²) in [6.45, 7) is 2.29. The lowest BCUT2D eigenvalue weighted by molar-refractivity contribution is 0.102. The number of methoxy groups -OCH3 is 1. The van der Waals surface area contributed by atoms with Gasteiger partial charge in [-0.2, -0.15) is 0 Å². The van der Waals surface area contributed by atoms with Crippen molar-refractivity contribution in [1.29, 1.82) is 0 Å².